The first-order valence-electron chi connectivity index (χ1n) is 5.72. The number of nitrogens with two attached hydrogens (primary N) is 1. The highest BCUT2D eigenvalue weighted by atomic mass is 32.1. The van der Waals surface area contributed by atoms with Crippen molar-refractivity contribution >= 4 is 17.2 Å². The molecule has 1 amide bonds. The second kappa shape index (κ2) is 4.51. The molecular weight excluding hydrogens is 250 g/mol. The van der Waals surface area contributed by atoms with Gasteiger partial charge in [-0.25, -0.2) is 4.98 Å². The summed E-state index contributed by atoms with van der Waals surface area (Å²) in [6.45, 7) is 2.13. The molecule has 7 heteroatoms. The zero-order valence-electron chi connectivity index (χ0n) is 9.67. The van der Waals surface area contributed by atoms with Crippen LogP contribution in [0.1, 0.15) is 10.5 Å². The molecule has 1 aliphatic heterocycles. The number of hydrogen-bond acceptors (Lipinski definition) is 5. The zero-order chi connectivity index (χ0) is 12.5. The highest BCUT2D eigenvalue weighted by Crippen LogP contribution is 2.24. The van der Waals surface area contributed by atoms with Gasteiger partial charge in [0.2, 0.25) is 0 Å². The monoisotopic (exact) mass is 263 g/mol. The summed E-state index contributed by atoms with van der Waals surface area (Å²) in [4.78, 5) is 18.2. The summed E-state index contributed by atoms with van der Waals surface area (Å²) in [5, 5.41) is 9.20. The topological polar surface area (TPSA) is 87.9 Å². The molecule has 2 aromatic heterocycles. The number of carbonyl (C=O) groups is 1. The van der Waals surface area contributed by atoms with E-state index in [0.29, 0.717) is 18.2 Å². The van der Waals surface area contributed by atoms with Gasteiger partial charge in [-0.15, -0.1) is 11.3 Å². The van der Waals surface area contributed by atoms with Crippen molar-refractivity contribution < 1.29 is 4.79 Å². The number of likely N-dealkylation sites (tertiary alicyclic amines) is 1. The van der Waals surface area contributed by atoms with E-state index in [2.05, 4.69) is 15.2 Å². The highest BCUT2D eigenvalue weighted by Gasteiger charge is 2.31. The predicted molar refractivity (Wildman–Crippen MR) is 68.1 cm³/mol. The van der Waals surface area contributed by atoms with Crippen LogP contribution in [0, 0.1) is 5.92 Å². The predicted octanol–water partition coefficient (Wildman–Crippen LogP) is 0.564. The van der Waals surface area contributed by atoms with Gasteiger partial charge in [0.15, 0.2) is 0 Å². The number of aromatic amines is 1. The first-order chi connectivity index (χ1) is 8.78. The fourth-order valence-corrected chi connectivity index (χ4v) is 2.69. The number of H-pyrrole nitrogens is 1. The van der Waals surface area contributed by atoms with Gasteiger partial charge in [-0.3, -0.25) is 9.89 Å². The Balaban J connectivity index is 1.72. The third kappa shape index (κ3) is 1.91. The summed E-state index contributed by atoms with van der Waals surface area (Å²) in [6.07, 6.45) is 3.46. The molecule has 0 saturated carbocycles. The average Bonchev–Trinajstić information content (AvgIpc) is 2.98. The maximum atomic E-state index is 12.1. The largest absolute Gasteiger partial charge is 0.336 e. The van der Waals surface area contributed by atoms with Crippen molar-refractivity contribution in [3.63, 3.8) is 0 Å². The van der Waals surface area contributed by atoms with Gasteiger partial charge < -0.3 is 10.6 Å². The van der Waals surface area contributed by atoms with Gasteiger partial charge in [0.1, 0.15) is 10.7 Å². The number of amides is 1. The summed E-state index contributed by atoms with van der Waals surface area (Å²) >= 11 is 1.45. The molecule has 0 atom stereocenters. The molecular formula is C11H13N5OS. The van der Waals surface area contributed by atoms with Gasteiger partial charge in [0, 0.05) is 36.1 Å². The lowest BCUT2D eigenvalue weighted by Gasteiger charge is -2.38. The molecule has 3 N–H and O–H groups in total. The fraction of sp³-hybridized carbons (Fsp3) is 0.364. The van der Waals surface area contributed by atoms with Crippen molar-refractivity contribution in [2.24, 2.45) is 11.7 Å². The van der Waals surface area contributed by atoms with Crippen LogP contribution in [0.5, 0.6) is 0 Å². The summed E-state index contributed by atoms with van der Waals surface area (Å²) in [6, 6.07) is 0. The van der Waals surface area contributed by atoms with Crippen LogP contribution in [0.4, 0.5) is 0 Å². The summed E-state index contributed by atoms with van der Waals surface area (Å²) in [5.41, 5.74) is 6.95. The van der Waals surface area contributed by atoms with Crippen molar-refractivity contribution in [1.29, 1.82) is 0 Å². The Labute approximate surface area is 108 Å². The molecule has 3 heterocycles. The molecule has 2 aromatic rings. The van der Waals surface area contributed by atoms with Gasteiger partial charge in [-0.2, -0.15) is 5.10 Å². The standard InChI is InChI=1S/C11H13N5OS/c12-1-7-4-16(5-7)11(17)9-6-18-10(15-9)8-2-13-14-3-8/h2-3,6-7H,1,4-5,12H2,(H,13,14). The van der Waals surface area contributed by atoms with Crippen LogP contribution in [0.25, 0.3) is 10.6 Å². The minimum atomic E-state index is -0.00862. The number of carbonyl (C=O) groups excluding carboxylic acids is 1. The Bertz CT molecular complexity index is 544. The number of rotatable bonds is 3. The van der Waals surface area contributed by atoms with Crippen molar-refractivity contribution in [2.45, 2.75) is 0 Å². The van der Waals surface area contributed by atoms with Crippen LogP contribution in [-0.2, 0) is 0 Å². The van der Waals surface area contributed by atoms with Crippen LogP contribution < -0.4 is 5.73 Å². The minimum absolute atomic E-state index is 0.00862. The molecule has 94 valence electrons. The molecule has 6 nitrogen and oxygen atoms in total. The lowest BCUT2D eigenvalue weighted by atomic mass is 10.0. The average molecular weight is 263 g/mol. The number of aromatic nitrogens is 3. The molecule has 1 fully saturated rings. The molecule has 0 aromatic carbocycles. The second-order valence-electron chi connectivity index (χ2n) is 4.34. The fourth-order valence-electron chi connectivity index (χ4n) is 1.92. The zero-order valence-corrected chi connectivity index (χ0v) is 10.5. The Morgan fingerprint density at radius 1 is 1.61 bits per heavy atom. The SMILES string of the molecule is NCC1CN(C(=O)c2csc(-c3cn[nH]c3)n2)C1. The van der Waals surface area contributed by atoms with E-state index in [4.69, 9.17) is 5.73 Å². The van der Waals surface area contributed by atoms with Crippen LogP contribution in [0.15, 0.2) is 17.8 Å². The maximum absolute atomic E-state index is 12.1. The Morgan fingerprint density at radius 2 is 2.44 bits per heavy atom. The number of thiazole rings is 1. The third-order valence-corrected chi connectivity index (χ3v) is 3.94. The Morgan fingerprint density at radius 3 is 3.11 bits per heavy atom. The molecule has 3 rings (SSSR count). The van der Waals surface area contributed by atoms with Crippen LogP contribution in [-0.4, -0.2) is 45.6 Å². The molecule has 0 aliphatic carbocycles. The molecule has 0 spiro atoms. The third-order valence-electron chi connectivity index (χ3n) is 3.05. The Kier molecular flexibility index (Phi) is 2.85. The van der Waals surface area contributed by atoms with Gasteiger partial charge in [0.25, 0.3) is 5.91 Å². The van der Waals surface area contributed by atoms with E-state index in [1.54, 1.807) is 22.7 Å². The second-order valence-corrected chi connectivity index (χ2v) is 5.19. The first-order valence-corrected chi connectivity index (χ1v) is 6.60. The van der Waals surface area contributed by atoms with E-state index in [1.807, 2.05) is 0 Å². The first kappa shape index (κ1) is 11.4. The van der Waals surface area contributed by atoms with E-state index in [1.165, 1.54) is 11.3 Å². The van der Waals surface area contributed by atoms with E-state index in [-0.39, 0.29) is 5.91 Å². The van der Waals surface area contributed by atoms with Gasteiger partial charge in [-0.1, -0.05) is 0 Å². The summed E-state index contributed by atoms with van der Waals surface area (Å²) in [7, 11) is 0. The van der Waals surface area contributed by atoms with Crippen LogP contribution >= 0.6 is 11.3 Å². The molecule has 0 bridgehead atoms. The van der Waals surface area contributed by atoms with E-state index in [9.17, 15) is 4.79 Å². The Hall–Kier alpha value is -1.73. The number of nitrogens with one attached hydrogen (secondary N) is 1. The lowest BCUT2D eigenvalue weighted by Crippen LogP contribution is -2.52. The normalized spacial score (nSPS) is 15.7. The molecule has 18 heavy (non-hydrogen) atoms. The molecule has 0 unspecified atom stereocenters. The quantitative estimate of drug-likeness (QED) is 0.847. The maximum Gasteiger partial charge on any atom is 0.273 e. The number of hydrogen-bond donors (Lipinski definition) is 2. The summed E-state index contributed by atoms with van der Waals surface area (Å²) < 4.78 is 0. The minimum Gasteiger partial charge on any atom is -0.336 e. The van der Waals surface area contributed by atoms with Crippen LogP contribution in [0.3, 0.4) is 0 Å². The molecule has 0 radical (unpaired) electrons. The van der Waals surface area contributed by atoms with Gasteiger partial charge in [-0.05, 0) is 6.54 Å². The van der Waals surface area contributed by atoms with E-state index < -0.39 is 0 Å². The highest BCUT2D eigenvalue weighted by molar-refractivity contribution is 7.13. The lowest BCUT2D eigenvalue weighted by molar-refractivity contribution is 0.0510. The van der Waals surface area contributed by atoms with Crippen molar-refractivity contribution in [2.75, 3.05) is 19.6 Å². The molecule has 1 saturated heterocycles. The van der Waals surface area contributed by atoms with Gasteiger partial charge >= 0.3 is 0 Å². The summed E-state index contributed by atoms with van der Waals surface area (Å²) in [5.74, 6) is 0.437. The smallest absolute Gasteiger partial charge is 0.273 e. The van der Waals surface area contributed by atoms with E-state index >= 15 is 0 Å². The van der Waals surface area contributed by atoms with Crippen molar-refractivity contribution in [3.8, 4) is 10.6 Å². The number of nitrogens with zero attached hydrogens (tertiary/aromatic N) is 3. The van der Waals surface area contributed by atoms with Crippen LogP contribution in [0.2, 0.25) is 0 Å². The molecule has 1 aliphatic rings. The van der Waals surface area contributed by atoms with Crippen molar-refractivity contribution in [3.05, 3.63) is 23.5 Å². The van der Waals surface area contributed by atoms with Crippen molar-refractivity contribution in [1.82, 2.24) is 20.1 Å². The van der Waals surface area contributed by atoms with E-state index in [0.717, 1.165) is 23.7 Å². The van der Waals surface area contributed by atoms with Gasteiger partial charge in [0.05, 0.1) is 6.20 Å².